The molecule has 58 valence electrons. The van der Waals surface area contributed by atoms with Crippen molar-refractivity contribution in [1.82, 2.24) is 4.72 Å². The SMILES string of the molecule is O=S(=O)(CCl)NCC#CI. The number of rotatable bonds is 3. The monoisotopic (exact) mass is 293 g/mol. The van der Waals surface area contributed by atoms with Crippen molar-refractivity contribution >= 4 is 44.2 Å². The summed E-state index contributed by atoms with van der Waals surface area (Å²) in [5.74, 6) is 2.53. The van der Waals surface area contributed by atoms with Crippen LogP contribution in [0.2, 0.25) is 0 Å². The first-order valence-electron chi connectivity index (χ1n) is 2.24. The number of nitrogens with one attached hydrogen (secondary N) is 1. The first-order chi connectivity index (χ1) is 4.62. The van der Waals surface area contributed by atoms with Crippen molar-refractivity contribution in [3.05, 3.63) is 0 Å². The molecule has 0 aliphatic heterocycles. The van der Waals surface area contributed by atoms with Gasteiger partial charge in [-0.15, -0.1) is 11.6 Å². The molecule has 0 aromatic heterocycles. The van der Waals surface area contributed by atoms with Crippen molar-refractivity contribution in [3.8, 4) is 9.85 Å². The van der Waals surface area contributed by atoms with Crippen molar-refractivity contribution in [2.75, 3.05) is 11.8 Å². The standard InChI is InChI=1S/C4H5ClINO2S/c5-4-10(8,9)7-3-1-2-6/h7H,3-4H2. The van der Waals surface area contributed by atoms with E-state index in [9.17, 15) is 8.42 Å². The third-order valence-electron chi connectivity index (χ3n) is 0.591. The zero-order chi connectivity index (χ0) is 8.04. The summed E-state index contributed by atoms with van der Waals surface area (Å²) in [4.78, 5) is 0. The second-order valence-electron chi connectivity index (χ2n) is 1.32. The summed E-state index contributed by atoms with van der Waals surface area (Å²) in [7, 11) is -3.28. The second-order valence-corrected chi connectivity index (χ2v) is 4.25. The fourth-order valence-corrected chi connectivity index (χ4v) is 1.01. The van der Waals surface area contributed by atoms with Gasteiger partial charge in [0, 0.05) is 22.6 Å². The Morgan fingerprint density at radius 3 is 2.60 bits per heavy atom. The molecule has 3 nitrogen and oxygen atoms in total. The van der Waals surface area contributed by atoms with Gasteiger partial charge in [-0.3, -0.25) is 0 Å². The van der Waals surface area contributed by atoms with Crippen LogP contribution in [-0.2, 0) is 10.0 Å². The maximum Gasteiger partial charge on any atom is 0.226 e. The summed E-state index contributed by atoms with van der Waals surface area (Å²) in [6, 6.07) is 0. The van der Waals surface area contributed by atoms with Crippen LogP contribution >= 0.6 is 34.2 Å². The Morgan fingerprint density at radius 2 is 2.20 bits per heavy atom. The molecule has 0 rings (SSSR count). The highest BCUT2D eigenvalue weighted by molar-refractivity contribution is 14.1. The molecule has 0 amide bonds. The van der Waals surface area contributed by atoms with E-state index in [2.05, 4.69) is 14.6 Å². The third kappa shape index (κ3) is 5.29. The quantitative estimate of drug-likeness (QED) is 0.468. The van der Waals surface area contributed by atoms with Crippen LogP contribution in [0.1, 0.15) is 0 Å². The van der Waals surface area contributed by atoms with Gasteiger partial charge in [0.05, 0.1) is 6.54 Å². The zero-order valence-electron chi connectivity index (χ0n) is 4.89. The minimum Gasteiger partial charge on any atom is -0.211 e. The Morgan fingerprint density at radius 1 is 1.60 bits per heavy atom. The lowest BCUT2D eigenvalue weighted by molar-refractivity contribution is 0.591. The highest BCUT2D eigenvalue weighted by atomic mass is 127. The summed E-state index contributed by atoms with van der Waals surface area (Å²) in [6.45, 7) is 0.123. The van der Waals surface area contributed by atoms with Gasteiger partial charge in [-0.05, 0) is 3.93 Å². The molecule has 0 saturated carbocycles. The van der Waals surface area contributed by atoms with Gasteiger partial charge in [0.1, 0.15) is 5.21 Å². The first-order valence-corrected chi connectivity index (χ1v) is 5.51. The largest absolute Gasteiger partial charge is 0.226 e. The summed E-state index contributed by atoms with van der Waals surface area (Å²) >= 11 is 6.89. The van der Waals surface area contributed by atoms with Gasteiger partial charge in [0.15, 0.2) is 0 Å². The number of hydrogen-bond donors (Lipinski definition) is 1. The molecule has 10 heavy (non-hydrogen) atoms. The lowest BCUT2D eigenvalue weighted by Gasteiger charge is -1.95. The molecule has 0 fully saturated rings. The van der Waals surface area contributed by atoms with Crippen molar-refractivity contribution in [2.24, 2.45) is 0 Å². The summed E-state index contributed by atoms with van der Waals surface area (Å²) in [5, 5.41) is -0.421. The summed E-state index contributed by atoms with van der Waals surface area (Å²) < 4.78 is 25.8. The normalized spacial score (nSPS) is 10.2. The van der Waals surface area contributed by atoms with Gasteiger partial charge < -0.3 is 0 Å². The molecule has 0 bridgehead atoms. The second kappa shape index (κ2) is 5.18. The van der Waals surface area contributed by atoms with Gasteiger partial charge in [-0.25, -0.2) is 13.1 Å². The van der Waals surface area contributed by atoms with Gasteiger partial charge in [-0.2, -0.15) is 0 Å². The van der Waals surface area contributed by atoms with Crippen molar-refractivity contribution in [2.45, 2.75) is 0 Å². The van der Waals surface area contributed by atoms with E-state index in [0.717, 1.165) is 0 Å². The van der Waals surface area contributed by atoms with E-state index in [0.29, 0.717) is 0 Å². The predicted molar refractivity (Wildman–Crippen MR) is 49.4 cm³/mol. The summed E-state index contributed by atoms with van der Waals surface area (Å²) in [6.07, 6.45) is 0. The molecule has 0 heterocycles. The van der Waals surface area contributed by atoms with E-state index in [1.807, 2.05) is 22.6 Å². The van der Waals surface area contributed by atoms with Crippen LogP contribution < -0.4 is 4.72 Å². The molecule has 0 atom stereocenters. The molecular weight excluding hydrogens is 288 g/mol. The van der Waals surface area contributed by atoms with E-state index in [4.69, 9.17) is 11.6 Å². The number of halogens is 2. The maximum atomic E-state index is 10.6. The first kappa shape index (κ1) is 10.5. The molecule has 0 unspecified atom stereocenters. The minimum absolute atomic E-state index is 0.123. The molecule has 0 aromatic carbocycles. The van der Waals surface area contributed by atoms with E-state index < -0.39 is 15.2 Å². The van der Waals surface area contributed by atoms with Crippen LogP contribution in [0.3, 0.4) is 0 Å². The number of sulfonamides is 1. The topological polar surface area (TPSA) is 46.2 Å². The fourth-order valence-electron chi connectivity index (χ4n) is 0.218. The average molecular weight is 294 g/mol. The van der Waals surface area contributed by atoms with E-state index in [-0.39, 0.29) is 6.54 Å². The maximum absolute atomic E-state index is 10.6. The zero-order valence-corrected chi connectivity index (χ0v) is 8.62. The van der Waals surface area contributed by atoms with Crippen LogP contribution in [-0.4, -0.2) is 20.2 Å². The fraction of sp³-hybridized carbons (Fsp3) is 0.500. The van der Waals surface area contributed by atoms with E-state index in [1.165, 1.54) is 0 Å². The number of alkyl halides is 1. The molecule has 6 heteroatoms. The Bertz CT molecular complexity index is 240. The highest BCUT2D eigenvalue weighted by Crippen LogP contribution is 1.85. The molecule has 0 radical (unpaired) electrons. The van der Waals surface area contributed by atoms with Crippen molar-refractivity contribution in [1.29, 1.82) is 0 Å². The molecule has 1 N–H and O–H groups in total. The molecule has 0 aromatic rings. The van der Waals surface area contributed by atoms with E-state index >= 15 is 0 Å². The Labute approximate surface area is 78.7 Å². The summed E-state index contributed by atoms with van der Waals surface area (Å²) in [5.41, 5.74) is 0. The van der Waals surface area contributed by atoms with Gasteiger partial charge in [0.25, 0.3) is 0 Å². The smallest absolute Gasteiger partial charge is 0.211 e. The van der Waals surface area contributed by atoms with Crippen LogP contribution in [0.4, 0.5) is 0 Å². The molecule has 0 aliphatic carbocycles. The lowest BCUT2D eigenvalue weighted by atomic mass is 10.7. The van der Waals surface area contributed by atoms with Crippen molar-refractivity contribution in [3.63, 3.8) is 0 Å². The van der Waals surface area contributed by atoms with Gasteiger partial charge >= 0.3 is 0 Å². The number of hydrogen-bond acceptors (Lipinski definition) is 2. The molecule has 0 spiro atoms. The van der Waals surface area contributed by atoms with Gasteiger partial charge in [0.2, 0.25) is 10.0 Å². The average Bonchev–Trinajstić information content (AvgIpc) is 1.89. The third-order valence-corrected chi connectivity index (χ3v) is 2.71. The van der Waals surface area contributed by atoms with Crippen LogP contribution in [0.15, 0.2) is 0 Å². The predicted octanol–water partition coefficient (Wildman–Crippen LogP) is 0.498. The van der Waals surface area contributed by atoms with Crippen LogP contribution in [0.5, 0.6) is 0 Å². The van der Waals surface area contributed by atoms with Crippen LogP contribution in [0.25, 0.3) is 0 Å². The Hall–Kier alpha value is 0.490. The van der Waals surface area contributed by atoms with Crippen LogP contribution in [0, 0.1) is 9.85 Å². The molecule has 0 saturated heterocycles. The highest BCUT2D eigenvalue weighted by Gasteiger charge is 2.03. The van der Waals surface area contributed by atoms with E-state index in [1.54, 1.807) is 0 Å². The Kier molecular flexibility index (Phi) is 5.44. The molecular formula is C4H5ClINO2S. The molecule has 0 aliphatic rings. The van der Waals surface area contributed by atoms with Gasteiger partial charge in [-0.1, -0.05) is 5.92 Å². The Balaban J connectivity index is 3.77. The van der Waals surface area contributed by atoms with Crippen molar-refractivity contribution < 1.29 is 8.42 Å². The minimum atomic E-state index is -3.28. The lowest BCUT2D eigenvalue weighted by Crippen LogP contribution is -2.24.